The number of hydrogen-bond acceptors (Lipinski definition) is 3. The second-order valence-electron chi connectivity index (χ2n) is 4.01. The van der Waals surface area contributed by atoms with Crippen LogP contribution >= 0.6 is 0 Å². The first-order chi connectivity index (χ1) is 8.15. The molecule has 86 valence electrons. The molecule has 0 fully saturated rings. The lowest BCUT2D eigenvalue weighted by Crippen LogP contribution is -2.12. The van der Waals surface area contributed by atoms with Crippen molar-refractivity contribution in [2.75, 3.05) is 0 Å². The van der Waals surface area contributed by atoms with Gasteiger partial charge in [-0.25, -0.2) is 0 Å². The second kappa shape index (κ2) is 3.68. The number of rotatable bonds is 0. The van der Waals surface area contributed by atoms with E-state index >= 15 is 0 Å². The predicted molar refractivity (Wildman–Crippen MR) is 65.3 cm³/mol. The van der Waals surface area contributed by atoms with E-state index in [9.17, 15) is 14.8 Å². The van der Waals surface area contributed by atoms with Gasteiger partial charge in [0.2, 0.25) is 0 Å². The van der Waals surface area contributed by atoms with E-state index in [2.05, 4.69) is 0 Å². The molecule has 1 unspecified atom stereocenters. The van der Waals surface area contributed by atoms with Crippen molar-refractivity contribution < 1.29 is 14.8 Å². The largest absolute Gasteiger partial charge is 0.611 e. The Morgan fingerprint density at radius 2 is 1.59 bits per heavy atom. The summed E-state index contributed by atoms with van der Waals surface area (Å²) in [5, 5.41) is 18.9. The van der Waals surface area contributed by atoms with Crippen LogP contribution in [0.4, 0.5) is 0 Å². The molecule has 1 atom stereocenters. The smallest absolute Gasteiger partial charge is 0.164 e. The first kappa shape index (κ1) is 10.5. The summed E-state index contributed by atoms with van der Waals surface area (Å²) < 4.78 is 12.0. The zero-order chi connectivity index (χ0) is 12.0. The molecular weight excluding hydrogens is 236 g/mol. The monoisotopic (exact) mass is 246 g/mol. The van der Waals surface area contributed by atoms with Crippen molar-refractivity contribution in [3.05, 3.63) is 42.0 Å². The van der Waals surface area contributed by atoms with Gasteiger partial charge < -0.3 is 14.8 Å². The molecular formula is C13H10O3S. The summed E-state index contributed by atoms with van der Waals surface area (Å²) >= 11 is -1.17. The van der Waals surface area contributed by atoms with Crippen LogP contribution in [0.2, 0.25) is 0 Å². The molecule has 1 aliphatic rings. The summed E-state index contributed by atoms with van der Waals surface area (Å²) in [5.74, 6) is 0.683. The van der Waals surface area contributed by atoms with Gasteiger partial charge in [-0.3, -0.25) is 0 Å². The molecule has 2 N–H and O–H groups in total. The standard InChI is InChI=1S/C13H10O3S/c14-9-1-3-11-8(5-9)7-17(16)13-6-10(15)2-4-12(11)13/h1-6,14-15H,7H2. The summed E-state index contributed by atoms with van der Waals surface area (Å²) in [6.45, 7) is 0. The van der Waals surface area contributed by atoms with Crippen LogP contribution in [-0.4, -0.2) is 14.8 Å². The van der Waals surface area contributed by atoms with Gasteiger partial charge in [-0.05, 0) is 41.0 Å². The Morgan fingerprint density at radius 3 is 2.35 bits per heavy atom. The molecule has 17 heavy (non-hydrogen) atoms. The molecule has 2 aromatic rings. The molecule has 1 aliphatic heterocycles. The lowest BCUT2D eigenvalue weighted by atomic mass is 9.99. The van der Waals surface area contributed by atoms with Crippen LogP contribution in [0, 0.1) is 0 Å². The number of aromatic hydroxyl groups is 2. The van der Waals surface area contributed by atoms with Crippen LogP contribution in [0.1, 0.15) is 5.56 Å². The zero-order valence-electron chi connectivity index (χ0n) is 8.88. The quantitative estimate of drug-likeness (QED) is 0.701. The van der Waals surface area contributed by atoms with E-state index in [1.165, 1.54) is 0 Å². The number of benzene rings is 2. The molecule has 0 radical (unpaired) electrons. The van der Waals surface area contributed by atoms with Gasteiger partial charge in [0.05, 0.1) is 0 Å². The molecule has 4 heteroatoms. The third-order valence-corrected chi connectivity index (χ3v) is 4.28. The van der Waals surface area contributed by atoms with E-state index in [1.807, 2.05) is 6.07 Å². The SMILES string of the molecule is [O-][S+]1Cc2cc(O)ccc2-c2ccc(O)cc21. The average Bonchev–Trinajstić information content (AvgIpc) is 2.29. The first-order valence-electron chi connectivity index (χ1n) is 5.19. The molecule has 1 heterocycles. The Hall–Kier alpha value is -1.65. The summed E-state index contributed by atoms with van der Waals surface area (Å²) in [6, 6.07) is 9.96. The highest BCUT2D eigenvalue weighted by atomic mass is 32.2. The minimum atomic E-state index is -1.17. The van der Waals surface area contributed by atoms with Gasteiger partial charge in [0.25, 0.3) is 0 Å². The van der Waals surface area contributed by atoms with E-state index < -0.39 is 11.2 Å². The molecule has 0 amide bonds. The molecule has 0 saturated heterocycles. The summed E-state index contributed by atoms with van der Waals surface area (Å²) in [7, 11) is 0. The van der Waals surface area contributed by atoms with Crippen LogP contribution in [0.25, 0.3) is 11.1 Å². The Balaban J connectivity index is 2.26. The highest BCUT2D eigenvalue weighted by Crippen LogP contribution is 2.40. The van der Waals surface area contributed by atoms with Gasteiger partial charge in [-0.2, -0.15) is 0 Å². The normalized spacial score (nSPS) is 17.4. The van der Waals surface area contributed by atoms with E-state index in [4.69, 9.17) is 0 Å². The highest BCUT2D eigenvalue weighted by Gasteiger charge is 2.27. The molecule has 0 bridgehead atoms. The van der Waals surface area contributed by atoms with Crippen LogP contribution in [0.5, 0.6) is 11.5 Å². The summed E-state index contributed by atoms with van der Waals surface area (Å²) in [6.07, 6.45) is 0. The van der Waals surface area contributed by atoms with E-state index in [0.717, 1.165) is 16.7 Å². The maximum atomic E-state index is 12.0. The lowest BCUT2D eigenvalue weighted by Gasteiger charge is -2.22. The minimum absolute atomic E-state index is 0.124. The highest BCUT2D eigenvalue weighted by molar-refractivity contribution is 7.90. The Labute approximate surface area is 102 Å². The Kier molecular flexibility index (Phi) is 2.28. The number of fused-ring (bicyclic) bond motifs is 3. The second-order valence-corrected chi connectivity index (χ2v) is 5.43. The minimum Gasteiger partial charge on any atom is -0.611 e. The third-order valence-electron chi connectivity index (χ3n) is 2.88. The van der Waals surface area contributed by atoms with E-state index in [1.54, 1.807) is 30.3 Å². The van der Waals surface area contributed by atoms with Crippen molar-refractivity contribution in [1.29, 1.82) is 0 Å². The maximum absolute atomic E-state index is 12.0. The summed E-state index contributed by atoms with van der Waals surface area (Å²) in [5.41, 5.74) is 2.71. The first-order valence-corrected chi connectivity index (χ1v) is 6.51. The molecule has 0 aliphatic carbocycles. The Bertz CT molecular complexity index is 595. The van der Waals surface area contributed by atoms with Crippen molar-refractivity contribution in [3.63, 3.8) is 0 Å². The number of phenols is 2. The zero-order valence-corrected chi connectivity index (χ0v) is 9.70. The van der Waals surface area contributed by atoms with Gasteiger partial charge in [-0.1, -0.05) is 6.07 Å². The predicted octanol–water partition coefficient (Wildman–Crippen LogP) is 2.39. The molecule has 3 nitrogen and oxygen atoms in total. The van der Waals surface area contributed by atoms with Crippen LogP contribution in [0.15, 0.2) is 41.3 Å². The molecule has 3 rings (SSSR count). The van der Waals surface area contributed by atoms with Gasteiger partial charge in [-0.15, -0.1) is 0 Å². The van der Waals surface area contributed by atoms with Crippen molar-refractivity contribution in [2.45, 2.75) is 10.6 Å². The van der Waals surface area contributed by atoms with E-state index in [-0.39, 0.29) is 11.5 Å². The molecule has 2 aromatic carbocycles. The Morgan fingerprint density at radius 1 is 0.941 bits per heavy atom. The van der Waals surface area contributed by atoms with E-state index in [0.29, 0.717) is 10.6 Å². The molecule has 0 aromatic heterocycles. The van der Waals surface area contributed by atoms with Crippen LogP contribution < -0.4 is 0 Å². The van der Waals surface area contributed by atoms with Gasteiger partial charge in [0.15, 0.2) is 4.90 Å². The van der Waals surface area contributed by atoms with Crippen molar-refractivity contribution in [3.8, 4) is 22.6 Å². The van der Waals surface area contributed by atoms with Crippen molar-refractivity contribution >= 4 is 11.2 Å². The van der Waals surface area contributed by atoms with Crippen molar-refractivity contribution in [2.24, 2.45) is 0 Å². The summed E-state index contributed by atoms with van der Waals surface area (Å²) in [4.78, 5) is 0.656. The van der Waals surface area contributed by atoms with Gasteiger partial charge >= 0.3 is 0 Å². The molecule has 0 saturated carbocycles. The maximum Gasteiger partial charge on any atom is 0.164 e. The van der Waals surface area contributed by atoms with Gasteiger partial charge in [0, 0.05) is 17.2 Å². The fraction of sp³-hybridized carbons (Fsp3) is 0.0769. The molecule has 0 spiro atoms. The van der Waals surface area contributed by atoms with Crippen LogP contribution in [0.3, 0.4) is 0 Å². The lowest BCUT2D eigenvalue weighted by molar-refractivity contribution is 0.472. The fourth-order valence-electron chi connectivity index (χ4n) is 2.10. The average molecular weight is 246 g/mol. The number of hydrogen-bond donors (Lipinski definition) is 2. The third kappa shape index (κ3) is 1.66. The van der Waals surface area contributed by atoms with Gasteiger partial charge in [0.1, 0.15) is 17.3 Å². The number of phenolic OH excluding ortho intramolecular Hbond substituents is 2. The van der Waals surface area contributed by atoms with Crippen LogP contribution in [-0.2, 0) is 16.9 Å². The topological polar surface area (TPSA) is 63.5 Å². The van der Waals surface area contributed by atoms with Crippen molar-refractivity contribution in [1.82, 2.24) is 0 Å². The fourth-order valence-corrected chi connectivity index (χ4v) is 3.46.